The van der Waals surface area contributed by atoms with Gasteiger partial charge in [0.15, 0.2) is 0 Å². The fraction of sp³-hybridized carbons (Fsp3) is 0.471. The van der Waals surface area contributed by atoms with Crippen molar-refractivity contribution in [2.75, 3.05) is 82.6 Å². The Labute approximate surface area is 331 Å². The lowest BCUT2D eigenvalue weighted by atomic mass is 9.80. The van der Waals surface area contributed by atoms with Gasteiger partial charge in [-0.3, -0.25) is 0 Å². The molecule has 3 aromatic carbocycles. The third kappa shape index (κ3) is 22.7. The van der Waals surface area contributed by atoms with Crippen LogP contribution in [0.5, 0.6) is 0 Å². The van der Waals surface area contributed by atoms with E-state index in [4.69, 9.17) is 10.0 Å². The highest BCUT2D eigenvalue weighted by Gasteiger charge is 2.24. The van der Waals surface area contributed by atoms with Crippen molar-refractivity contribution in [3.8, 4) is 0 Å². The van der Waals surface area contributed by atoms with Gasteiger partial charge in [-0.05, 0) is 69.7 Å². The maximum Gasteiger partial charge on any atom is 0.488 e. The van der Waals surface area contributed by atoms with Gasteiger partial charge in [0.05, 0.1) is 28.2 Å². The molecule has 0 aliphatic rings. The van der Waals surface area contributed by atoms with Gasteiger partial charge in [-0.15, -0.1) is 0 Å². The molecule has 50 heavy (non-hydrogen) atoms. The molecule has 16 heteroatoms. The molecule has 0 saturated carbocycles. The summed E-state index contributed by atoms with van der Waals surface area (Å²) in [5.41, 5.74) is 4.98. The van der Waals surface area contributed by atoms with Gasteiger partial charge in [0, 0.05) is 16.5 Å². The maximum absolute atomic E-state index is 9.21. The van der Waals surface area contributed by atoms with Crippen LogP contribution in [-0.2, 0) is 18.4 Å². The molecular formula is C34H58B3Br3N4O6. The van der Waals surface area contributed by atoms with Gasteiger partial charge in [-0.2, -0.15) is 0 Å². The first-order valence-electron chi connectivity index (χ1n) is 16.2. The molecule has 6 N–H and O–H groups in total. The summed E-state index contributed by atoms with van der Waals surface area (Å²) < 4.78 is 1.66. The zero-order valence-corrected chi connectivity index (χ0v) is 35.7. The summed E-state index contributed by atoms with van der Waals surface area (Å²) in [5, 5.41) is 55.1. The number of quaternary nitrogens is 2. The quantitative estimate of drug-likeness (QED) is 0.0507. The summed E-state index contributed by atoms with van der Waals surface area (Å²) in [5.74, 6) is 0. The molecule has 0 spiro atoms. The Kier molecular flexibility index (Phi) is 26.3. The molecule has 280 valence electrons. The fourth-order valence-corrected chi connectivity index (χ4v) is 5.13. The molecule has 0 fully saturated rings. The Hall–Kier alpha value is -1.11. The average Bonchev–Trinajstić information content (AvgIpc) is 3.01. The molecule has 10 nitrogen and oxygen atoms in total. The standard InChI is InChI=1S/C20H32B2N2O4.C7H8BBrO2.C7H18N2.2BrH/c1-23(2,15-17-5-9-19(10-6-17)21(25)26)13-14-24(3,4)16-18-7-11-20(12-8-18)22(27)28;9-5-6-1-3-7(4-2-6)8(10)11;1-8(2)6-5-7-9(3)4;;/h5-12,25-28H,13-16H2,1-4H3;1-4,10-11H,5H2;5-7H2,1-4H3;2*1H/q+2;;;;/p-2. The molecule has 0 atom stereocenters. The molecule has 0 radical (unpaired) electrons. The summed E-state index contributed by atoms with van der Waals surface area (Å²) in [6, 6.07) is 21.9. The van der Waals surface area contributed by atoms with E-state index in [1.165, 1.54) is 19.5 Å². The van der Waals surface area contributed by atoms with E-state index in [0.717, 1.165) is 57.2 Å². The summed E-state index contributed by atoms with van der Waals surface area (Å²) in [4.78, 5) is 4.42. The van der Waals surface area contributed by atoms with Gasteiger partial charge in [0.25, 0.3) is 0 Å². The molecule has 3 aromatic rings. The molecule has 0 bridgehead atoms. The molecule has 0 unspecified atom stereocenters. The van der Waals surface area contributed by atoms with Crippen LogP contribution in [0.2, 0.25) is 0 Å². The number of halogens is 3. The Bertz CT molecular complexity index is 1220. The van der Waals surface area contributed by atoms with Gasteiger partial charge in [-0.1, -0.05) is 88.7 Å². The maximum atomic E-state index is 9.21. The highest BCUT2D eigenvalue weighted by Crippen LogP contribution is 2.13. The van der Waals surface area contributed by atoms with Crippen LogP contribution in [0.1, 0.15) is 23.1 Å². The van der Waals surface area contributed by atoms with E-state index in [-0.39, 0.29) is 34.0 Å². The Morgan fingerprint density at radius 2 is 0.760 bits per heavy atom. The van der Waals surface area contributed by atoms with Crippen molar-refractivity contribution < 1.29 is 73.1 Å². The number of benzene rings is 3. The SMILES string of the molecule is CN(C)CCCN(C)C.C[N+](C)(CC[N+](C)(C)Cc1ccc(B(O)O)cc1)Cc1ccc(B(O)O)cc1.OB(O)c1ccc(CBr)cc1.[Br-].[Br-]. The van der Waals surface area contributed by atoms with Gasteiger partial charge in [0.1, 0.15) is 26.2 Å². The monoisotopic (exact) mass is 888 g/mol. The molecule has 0 amide bonds. The molecule has 0 aliphatic carbocycles. The van der Waals surface area contributed by atoms with Crippen molar-refractivity contribution in [1.29, 1.82) is 0 Å². The zero-order valence-electron chi connectivity index (χ0n) is 30.9. The lowest BCUT2D eigenvalue weighted by Gasteiger charge is -2.36. The van der Waals surface area contributed by atoms with Crippen LogP contribution in [0.4, 0.5) is 0 Å². The first-order valence-corrected chi connectivity index (χ1v) is 17.3. The molecule has 0 aromatic heterocycles. The highest BCUT2D eigenvalue weighted by atomic mass is 79.9. The average molecular weight is 891 g/mol. The zero-order chi connectivity index (χ0) is 36.5. The minimum Gasteiger partial charge on any atom is -1.00 e. The lowest BCUT2D eigenvalue weighted by molar-refractivity contribution is -0.958. The number of hydrogen-bond acceptors (Lipinski definition) is 8. The van der Waals surface area contributed by atoms with Crippen molar-refractivity contribution in [3.05, 3.63) is 89.5 Å². The number of hydrogen-bond donors (Lipinski definition) is 6. The second-order valence-corrected chi connectivity index (χ2v) is 14.6. The Morgan fingerprint density at radius 3 is 0.980 bits per heavy atom. The van der Waals surface area contributed by atoms with Crippen LogP contribution in [0.15, 0.2) is 72.8 Å². The first kappa shape index (κ1) is 51.0. The minimum atomic E-state index is -1.43. The van der Waals surface area contributed by atoms with Gasteiger partial charge >= 0.3 is 21.4 Å². The molecular weight excluding hydrogens is 833 g/mol. The highest BCUT2D eigenvalue weighted by molar-refractivity contribution is 9.08. The fourth-order valence-electron chi connectivity index (χ4n) is 4.76. The second-order valence-electron chi connectivity index (χ2n) is 14.1. The van der Waals surface area contributed by atoms with E-state index in [9.17, 15) is 20.1 Å². The second kappa shape index (κ2) is 25.8. The number of rotatable bonds is 15. The van der Waals surface area contributed by atoms with E-state index < -0.39 is 21.4 Å². The van der Waals surface area contributed by atoms with E-state index in [1.807, 2.05) is 36.4 Å². The van der Waals surface area contributed by atoms with Crippen LogP contribution in [0.25, 0.3) is 0 Å². The van der Waals surface area contributed by atoms with Crippen molar-refractivity contribution in [1.82, 2.24) is 9.80 Å². The van der Waals surface area contributed by atoms with Crippen LogP contribution < -0.4 is 50.4 Å². The Balaban J connectivity index is 0. The lowest BCUT2D eigenvalue weighted by Crippen LogP contribution is -3.00. The predicted octanol–water partition coefficient (Wildman–Crippen LogP) is -6.33. The minimum absolute atomic E-state index is 0. The number of likely N-dealkylation sites (N-methyl/N-ethyl adjacent to an activating group) is 2. The van der Waals surface area contributed by atoms with Crippen molar-refractivity contribution >= 4 is 53.7 Å². The van der Waals surface area contributed by atoms with Crippen molar-refractivity contribution in [3.63, 3.8) is 0 Å². The third-order valence-electron chi connectivity index (χ3n) is 7.73. The van der Waals surface area contributed by atoms with Crippen molar-refractivity contribution in [2.24, 2.45) is 0 Å². The summed E-state index contributed by atoms with van der Waals surface area (Å²) in [7, 11) is 13.0. The Morgan fingerprint density at radius 1 is 0.500 bits per heavy atom. The smallest absolute Gasteiger partial charge is 0.488 e. The van der Waals surface area contributed by atoms with Crippen LogP contribution >= 0.6 is 15.9 Å². The molecule has 0 aliphatic heterocycles. The van der Waals surface area contributed by atoms with E-state index in [2.05, 4.69) is 82.1 Å². The first-order chi connectivity index (χ1) is 22.3. The van der Waals surface area contributed by atoms with E-state index in [1.54, 1.807) is 36.4 Å². The van der Waals surface area contributed by atoms with E-state index >= 15 is 0 Å². The van der Waals surface area contributed by atoms with Crippen LogP contribution in [0.3, 0.4) is 0 Å². The van der Waals surface area contributed by atoms with Crippen LogP contribution in [-0.4, -0.2) is 153 Å². The topological polar surface area (TPSA) is 128 Å². The van der Waals surface area contributed by atoms with Gasteiger partial charge < -0.3 is 82.9 Å². The largest absolute Gasteiger partial charge is 1.00 e. The molecule has 0 saturated heterocycles. The summed E-state index contributed by atoms with van der Waals surface area (Å²) in [6.45, 7) is 6.10. The number of nitrogens with zero attached hydrogens (tertiary/aromatic N) is 4. The number of alkyl halides is 1. The van der Waals surface area contributed by atoms with E-state index in [0.29, 0.717) is 16.4 Å². The summed E-state index contributed by atoms with van der Waals surface area (Å²) in [6.07, 6.45) is 1.26. The molecule has 0 heterocycles. The third-order valence-corrected chi connectivity index (χ3v) is 8.38. The normalized spacial score (nSPS) is 11.0. The summed E-state index contributed by atoms with van der Waals surface area (Å²) >= 11 is 3.29. The van der Waals surface area contributed by atoms with Gasteiger partial charge in [-0.25, -0.2) is 0 Å². The van der Waals surface area contributed by atoms with Gasteiger partial charge in [0.2, 0.25) is 0 Å². The van der Waals surface area contributed by atoms with Crippen molar-refractivity contribution in [2.45, 2.75) is 24.8 Å². The predicted molar refractivity (Wildman–Crippen MR) is 205 cm³/mol. The van der Waals surface area contributed by atoms with Crippen LogP contribution in [0, 0.1) is 0 Å². The molecule has 3 rings (SSSR count).